The highest BCUT2D eigenvalue weighted by molar-refractivity contribution is 5.74. The molecular formula is C20H23N7O. The third-order valence-electron chi connectivity index (χ3n) is 4.87. The zero-order valence-corrected chi connectivity index (χ0v) is 15.6. The summed E-state index contributed by atoms with van der Waals surface area (Å²) in [5.74, 6) is 0. The topological polar surface area (TPSA) is 79.2 Å². The summed E-state index contributed by atoms with van der Waals surface area (Å²) < 4.78 is 1.78. The third kappa shape index (κ3) is 4.46. The third-order valence-corrected chi connectivity index (χ3v) is 4.87. The number of nitrogens with zero attached hydrogens (tertiary/aromatic N) is 6. The number of nitrogens with one attached hydrogen (secondary N) is 1. The first-order valence-electron chi connectivity index (χ1n) is 9.36. The number of aromatic nitrogens is 4. The lowest BCUT2D eigenvalue weighted by Gasteiger charge is -2.36. The molecule has 2 aromatic heterocycles. The van der Waals surface area contributed by atoms with Crippen LogP contribution in [-0.2, 0) is 13.1 Å². The Morgan fingerprint density at radius 2 is 1.64 bits per heavy atom. The Kier molecular flexibility index (Phi) is 5.46. The van der Waals surface area contributed by atoms with E-state index in [0.29, 0.717) is 26.2 Å². The molecule has 1 fully saturated rings. The van der Waals surface area contributed by atoms with E-state index in [0.717, 1.165) is 29.9 Å². The van der Waals surface area contributed by atoms with Crippen molar-refractivity contribution in [2.45, 2.75) is 13.1 Å². The lowest BCUT2D eigenvalue weighted by atomic mass is 10.1. The zero-order chi connectivity index (χ0) is 19.2. The van der Waals surface area contributed by atoms with E-state index in [4.69, 9.17) is 0 Å². The van der Waals surface area contributed by atoms with Gasteiger partial charge in [0.25, 0.3) is 0 Å². The van der Waals surface area contributed by atoms with Crippen molar-refractivity contribution in [1.82, 2.24) is 30.0 Å². The first-order chi connectivity index (χ1) is 13.8. The van der Waals surface area contributed by atoms with Crippen LogP contribution in [-0.4, -0.2) is 56.9 Å². The first-order valence-corrected chi connectivity index (χ1v) is 9.36. The molecule has 144 valence electrons. The number of hydrogen-bond acceptors (Lipinski definition) is 5. The predicted octanol–water partition coefficient (Wildman–Crippen LogP) is 1.75. The molecule has 8 heteroatoms. The van der Waals surface area contributed by atoms with Crippen molar-refractivity contribution in [2.24, 2.45) is 0 Å². The van der Waals surface area contributed by atoms with Crippen LogP contribution in [0.25, 0.3) is 0 Å². The van der Waals surface area contributed by atoms with Crippen molar-refractivity contribution in [3.63, 3.8) is 0 Å². The maximum absolute atomic E-state index is 12.5. The van der Waals surface area contributed by atoms with Gasteiger partial charge < -0.3 is 15.1 Å². The second-order valence-corrected chi connectivity index (χ2v) is 6.75. The molecule has 8 nitrogen and oxygen atoms in total. The van der Waals surface area contributed by atoms with E-state index < -0.39 is 0 Å². The van der Waals surface area contributed by atoms with Gasteiger partial charge in [0.1, 0.15) is 12.7 Å². The standard InChI is InChI=1S/C20H23N7O/c28-20(26-11-9-25(10-12-26)19-5-7-21-8-6-19)23-13-17-1-3-18(4-2-17)14-27-16-22-15-24-27/h1-8,15-16H,9-14H2,(H,23,28). The van der Waals surface area contributed by atoms with E-state index >= 15 is 0 Å². The lowest BCUT2D eigenvalue weighted by Crippen LogP contribution is -2.51. The molecule has 0 saturated carbocycles. The number of anilines is 1. The number of carbonyl (C=O) groups excluding carboxylic acids is 1. The van der Waals surface area contributed by atoms with Crippen LogP contribution in [0.1, 0.15) is 11.1 Å². The highest BCUT2D eigenvalue weighted by atomic mass is 16.2. The summed E-state index contributed by atoms with van der Waals surface area (Å²) in [6, 6.07) is 12.2. The minimum Gasteiger partial charge on any atom is -0.368 e. The van der Waals surface area contributed by atoms with Gasteiger partial charge in [-0.3, -0.25) is 4.98 Å². The average Bonchev–Trinajstić information content (AvgIpc) is 3.27. The van der Waals surface area contributed by atoms with Crippen LogP contribution < -0.4 is 10.2 Å². The second kappa shape index (κ2) is 8.51. The molecule has 0 unspecified atom stereocenters. The predicted molar refractivity (Wildman–Crippen MR) is 106 cm³/mol. The summed E-state index contributed by atoms with van der Waals surface area (Å²) in [6.07, 6.45) is 6.82. The molecular weight excluding hydrogens is 354 g/mol. The molecule has 0 radical (unpaired) electrons. The van der Waals surface area contributed by atoms with Crippen LogP contribution in [0, 0.1) is 0 Å². The number of pyridine rings is 1. The Hall–Kier alpha value is -3.42. The molecule has 0 aliphatic carbocycles. The van der Waals surface area contributed by atoms with E-state index in [1.54, 1.807) is 23.4 Å². The van der Waals surface area contributed by atoms with Crippen molar-refractivity contribution in [3.05, 3.63) is 72.6 Å². The molecule has 2 amide bonds. The Labute approximate surface area is 163 Å². The second-order valence-electron chi connectivity index (χ2n) is 6.75. The van der Waals surface area contributed by atoms with Crippen molar-refractivity contribution in [2.75, 3.05) is 31.1 Å². The SMILES string of the molecule is O=C(NCc1ccc(Cn2cncn2)cc1)N1CCN(c2ccncc2)CC1. The molecule has 0 spiro atoms. The minimum atomic E-state index is -0.0129. The van der Waals surface area contributed by atoms with Crippen molar-refractivity contribution < 1.29 is 4.79 Å². The Balaban J connectivity index is 1.23. The van der Waals surface area contributed by atoms with Crippen LogP contribution in [0.2, 0.25) is 0 Å². The summed E-state index contributed by atoms with van der Waals surface area (Å²) in [7, 11) is 0. The largest absolute Gasteiger partial charge is 0.368 e. The number of rotatable bonds is 5. The summed E-state index contributed by atoms with van der Waals surface area (Å²) in [5, 5.41) is 7.13. The molecule has 1 aromatic carbocycles. The van der Waals surface area contributed by atoms with E-state index in [-0.39, 0.29) is 6.03 Å². The molecule has 1 aliphatic heterocycles. The Morgan fingerprint density at radius 1 is 0.929 bits per heavy atom. The van der Waals surface area contributed by atoms with Gasteiger partial charge in [0.2, 0.25) is 0 Å². The lowest BCUT2D eigenvalue weighted by molar-refractivity contribution is 0.194. The van der Waals surface area contributed by atoms with Crippen LogP contribution in [0.15, 0.2) is 61.4 Å². The average molecular weight is 377 g/mol. The summed E-state index contributed by atoms with van der Waals surface area (Å²) in [5.41, 5.74) is 3.37. The number of benzene rings is 1. The monoisotopic (exact) mass is 377 g/mol. The van der Waals surface area contributed by atoms with Crippen molar-refractivity contribution >= 4 is 11.7 Å². The zero-order valence-electron chi connectivity index (χ0n) is 15.6. The van der Waals surface area contributed by atoms with E-state index in [1.165, 1.54) is 6.33 Å². The highest BCUT2D eigenvalue weighted by Crippen LogP contribution is 2.14. The van der Waals surface area contributed by atoms with Gasteiger partial charge in [0.15, 0.2) is 0 Å². The number of urea groups is 1. The molecule has 0 bridgehead atoms. The molecule has 1 aliphatic rings. The highest BCUT2D eigenvalue weighted by Gasteiger charge is 2.20. The summed E-state index contributed by atoms with van der Waals surface area (Å²) in [6.45, 7) is 4.29. The maximum Gasteiger partial charge on any atom is 0.317 e. The normalized spacial score (nSPS) is 14.1. The van der Waals surface area contributed by atoms with Crippen LogP contribution in [0.4, 0.5) is 10.5 Å². The van der Waals surface area contributed by atoms with Gasteiger partial charge in [-0.15, -0.1) is 0 Å². The number of amides is 2. The fourth-order valence-corrected chi connectivity index (χ4v) is 3.28. The van der Waals surface area contributed by atoms with Gasteiger partial charge in [-0.2, -0.15) is 5.10 Å². The van der Waals surface area contributed by atoms with Crippen molar-refractivity contribution in [3.8, 4) is 0 Å². The van der Waals surface area contributed by atoms with Crippen LogP contribution in [0.5, 0.6) is 0 Å². The molecule has 1 saturated heterocycles. The van der Waals surface area contributed by atoms with Crippen LogP contribution in [0.3, 0.4) is 0 Å². The minimum absolute atomic E-state index is 0.0129. The fraction of sp³-hybridized carbons (Fsp3) is 0.300. The fourth-order valence-electron chi connectivity index (χ4n) is 3.28. The van der Waals surface area contributed by atoms with Gasteiger partial charge in [-0.25, -0.2) is 14.5 Å². The molecule has 28 heavy (non-hydrogen) atoms. The smallest absolute Gasteiger partial charge is 0.317 e. The summed E-state index contributed by atoms with van der Waals surface area (Å²) in [4.78, 5) is 24.6. The van der Waals surface area contributed by atoms with Gasteiger partial charge in [0.05, 0.1) is 6.54 Å². The first kappa shape index (κ1) is 18.0. The van der Waals surface area contributed by atoms with Gasteiger partial charge in [-0.1, -0.05) is 24.3 Å². The quantitative estimate of drug-likeness (QED) is 0.733. The van der Waals surface area contributed by atoms with Gasteiger partial charge >= 0.3 is 6.03 Å². The van der Waals surface area contributed by atoms with E-state index in [1.807, 2.05) is 29.2 Å². The van der Waals surface area contributed by atoms with Gasteiger partial charge in [-0.05, 0) is 23.3 Å². The molecule has 4 rings (SSSR count). The Morgan fingerprint density at radius 3 is 2.32 bits per heavy atom. The van der Waals surface area contributed by atoms with E-state index in [2.05, 4.69) is 37.4 Å². The van der Waals surface area contributed by atoms with Crippen molar-refractivity contribution in [1.29, 1.82) is 0 Å². The molecule has 3 heterocycles. The maximum atomic E-state index is 12.5. The van der Waals surface area contributed by atoms with Crippen LogP contribution >= 0.6 is 0 Å². The summed E-state index contributed by atoms with van der Waals surface area (Å²) >= 11 is 0. The molecule has 3 aromatic rings. The number of carbonyl (C=O) groups is 1. The van der Waals surface area contributed by atoms with Gasteiger partial charge in [0, 0.05) is 50.8 Å². The van der Waals surface area contributed by atoms with E-state index in [9.17, 15) is 4.79 Å². The Bertz CT molecular complexity index is 873. The number of piperazine rings is 1. The number of hydrogen-bond donors (Lipinski definition) is 1. The molecule has 0 atom stereocenters. The molecule has 1 N–H and O–H groups in total.